The lowest BCUT2D eigenvalue weighted by Gasteiger charge is -2.30. The summed E-state index contributed by atoms with van der Waals surface area (Å²) in [6.45, 7) is 1.67. The standard InChI is InChI=1S/C17H27N3O4S/c1-25(23,24)12-16(21)15-10-14-11-19(7-8-20(14)18-15)17(22)9-13-5-3-2-4-6-13/h10,13,16,21H,2-9,11-12H2,1H3/t16-/m0/s1. The summed E-state index contributed by atoms with van der Waals surface area (Å²) in [5.74, 6) is 0.367. The van der Waals surface area contributed by atoms with Crippen LogP contribution in [-0.4, -0.2) is 52.7 Å². The first-order chi connectivity index (χ1) is 11.8. The van der Waals surface area contributed by atoms with Crippen LogP contribution in [0.3, 0.4) is 0 Å². The molecule has 1 aromatic heterocycles. The van der Waals surface area contributed by atoms with Gasteiger partial charge in [-0.2, -0.15) is 5.10 Å². The van der Waals surface area contributed by atoms with E-state index in [1.54, 1.807) is 10.7 Å². The molecule has 140 valence electrons. The maximum absolute atomic E-state index is 12.6. The minimum absolute atomic E-state index is 0.192. The van der Waals surface area contributed by atoms with E-state index in [9.17, 15) is 18.3 Å². The van der Waals surface area contributed by atoms with Gasteiger partial charge in [0, 0.05) is 19.2 Å². The Labute approximate surface area is 148 Å². The Bertz CT molecular complexity index is 722. The molecule has 2 aliphatic rings. The molecule has 1 fully saturated rings. The van der Waals surface area contributed by atoms with Gasteiger partial charge < -0.3 is 10.0 Å². The SMILES string of the molecule is CS(=O)(=O)C[C@H](O)c1cc2n(n1)CCN(C(=O)CC1CCCCC1)C2. The first-order valence-electron chi connectivity index (χ1n) is 9.02. The first-order valence-corrected chi connectivity index (χ1v) is 11.1. The number of aliphatic hydroxyl groups excluding tert-OH is 1. The first kappa shape index (κ1) is 18.4. The Balaban J connectivity index is 1.62. The second-order valence-corrected chi connectivity index (χ2v) is 9.60. The maximum atomic E-state index is 12.6. The normalized spacial score (nSPS) is 20.3. The van der Waals surface area contributed by atoms with Crippen molar-refractivity contribution in [2.45, 2.75) is 57.7 Å². The highest BCUT2D eigenvalue weighted by Gasteiger charge is 2.27. The van der Waals surface area contributed by atoms with E-state index in [1.165, 1.54) is 19.3 Å². The van der Waals surface area contributed by atoms with Gasteiger partial charge in [-0.15, -0.1) is 0 Å². The number of amides is 1. The molecule has 0 spiro atoms. The molecule has 1 aliphatic carbocycles. The van der Waals surface area contributed by atoms with Gasteiger partial charge in [-0.3, -0.25) is 9.48 Å². The average molecular weight is 369 g/mol. The molecule has 1 N–H and O–H groups in total. The van der Waals surface area contributed by atoms with Gasteiger partial charge in [0.2, 0.25) is 5.91 Å². The molecule has 1 amide bonds. The summed E-state index contributed by atoms with van der Waals surface area (Å²) in [7, 11) is -3.28. The minimum Gasteiger partial charge on any atom is -0.386 e. The van der Waals surface area contributed by atoms with Gasteiger partial charge >= 0.3 is 0 Å². The molecular formula is C17H27N3O4S. The van der Waals surface area contributed by atoms with Crippen LogP contribution < -0.4 is 0 Å². The molecule has 3 rings (SSSR count). The quantitative estimate of drug-likeness (QED) is 0.844. The summed E-state index contributed by atoms with van der Waals surface area (Å²) in [4.78, 5) is 14.4. The van der Waals surface area contributed by atoms with Crippen molar-refractivity contribution in [1.29, 1.82) is 0 Å². The predicted octanol–water partition coefficient (Wildman–Crippen LogP) is 1.27. The number of aromatic nitrogens is 2. The Kier molecular flexibility index (Phi) is 5.48. The van der Waals surface area contributed by atoms with E-state index in [-0.39, 0.29) is 11.7 Å². The maximum Gasteiger partial charge on any atom is 0.223 e. The Morgan fingerprint density at radius 1 is 1.32 bits per heavy atom. The molecule has 0 bridgehead atoms. The van der Waals surface area contributed by atoms with Crippen molar-refractivity contribution in [3.8, 4) is 0 Å². The number of sulfone groups is 1. The Hall–Kier alpha value is -1.41. The fourth-order valence-electron chi connectivity index (χ4n) is 3.80. The van der Waals surface area contributed by atoms with Crippen LogP contribution in [0.15, 0.2) is 6.07 Å². The predicted molar refractivity (Wildman–Crippen MR) is 93.5 cm³/mol. The number of aliphatic hydroxyl groups is 1. The number of nitrogens with zero attached hydrogens (tertiary/aromatic N) is 3. The third-order valence-corrected chi connectivity index (χ3v) is 6.08. The molecule has 0 aromatic carbocycles. The van der Waals surface area contributed by atoms with Crippen LogP contribution in [-0.2, 0) is 27.7 Å². The summed E-state index contributed by atoms with van der Waals surface area (Å²) in [6.07, 6.45) is 6.64. The number of fused-ring (bicyclic) bond motifs is 1. The van der Waals surface area contributed by atoms with E-state index in [2.05, 4.69) is 5.10 Å². The molecule has 0 radical (unpaired) electrons. The van der Waals surface area contributed by atoms with Crippen molar-refractivity contribution >= 4 is 15.7 Å². The molecule has 1 atom stereocenters. The lowest BCUT2D eigenvalue weighted by Crippen LogP contribution is -2.39. The van der Waals surface area contributed by atoms with Crippen LogP contribution in [0.25, 0.3) is 0 Å². The molecule has 1 aromatic rings. The number of hydrogen-bond acceptors (Lipinski definition) is 5. The van der Waals surface area contributed by atoms with E-state index < -0.39 is 15.9 Å². The smallest absolute Gasteiger partial charge is 0.223 e. The molecule has 8 heteroatoms. The van der Waals surface area contributed by atoms with Crippen LogP contribution in [0.4, 0.5) is 0 Å². The van der Waals surface area contributed by atoms with Crippen LogP contribution in [0.5, 0.6) is 0 Å². The third-order valence-electron chi connectivity index (χ3n) is 5.16. The number of carbonyl (C=O) groups is 1. The summed E-state index contributed by atoms with van der Waals surface area (Å²) >= 11 is 0. The van der Waals surface area contributed by atoms with Crippen molar-refractivity contribution in [2.75, 3.05) is 18.6 Å². The van der Waals surface area contributed by atoms with Crippen LogP contribution in [0.2, 0.25) is 0 Å². The molecule has 25 heavy (non-hydrogen) atoms. The number of rotatable bonds is 5. The second-order valence-electron chi connectivity index (χ2n) is 7.42. The van der Waals surface area contributed by atoms with Gasteiger partial charge in [0.15, 0.2) is 0 Å². The van der Waals surface area contributed by atoms with Crippen LogP contribution in [0.1, 0.15) is 56.0 Å². The van der Waals surface area contributed by atoms with Gasteiger partial charge in [0.05, 0.1) is 30.2 Å². The zero-order chi connectivity index (χ0) is 18.0. The molecule has 0 saturated heterocycles. The molecule has 1 saturated carbocycles. The van der Waals surface area contributed by atoms with Gasteiger partial charge in [0.25, 0.3) is 0 Å². The molecule has 0 unspecified atom stereocenters. The van der Waals surface area contributed by atoms with E-state index in [4.69, 9.17) is 0 Å². The Morgan fingerprint density at radius 2 is 2.04 bits per heavy atom. The van der Waals surface area contributed by atoms with Gasteiger partial charge in [0.1, 0.15) is 15.9 Å². The lowest BCUT2D eigenvalue weighted by atomic mass is 9.86. The lowest BCUT2D eigenvalue weighted by molar-refractivity contribution is -0.134. The zero-order valence-corrected chi connectivity index (χ0v) is 15.5. The van der Waals surface area contributed by atoms with Crippen molar-refractivity contribution in [1.82, 2.24) is 14.7 Å². The third kappa shape index (κ3) is 4.82. The fourth-order valence-corrected chi connectivity index (χ4v) is 4.55. The van der Waals surface area contributed by atoms with Crippen LogP contribution >= 0.6 is 0 Å². The summed E-state index contributed by atoms with van der Waals surface area (Å²) in [6, 6.07) is 1.72. The monoisotopic (exact) mass is 369 g/mol. The van der Waals surface area contributed by atoms with Crippen LogP contribution in [0, 0.1) is 5.92 Å². The fraction of sp³-hybridized carbons (Fsp3) is 0.765. The second kappa shape index (κ2) is 7.45. The van der Waals surface area contributed by atoms with Crippen molar-refractivity contribution < 1.29 is 18.3 Å². The Morgan fingerprint density at radius 3 is 2.72 bits per heavy atom. The van der Waals surface area contributed by atoms with E-state index in [0.717, 1.165) is 24.8 Å². The largest absolute Gasteiger partial charge is 0.386 e. The van der Waals surface area contributed by atoms with E-state index in [1.807, 2.05) is 4.90 Å². The van der Waals surface area contributed by atoms with Gasteiger partial charge in [-0.1, -0.05) is 19.3 Å². The summed E-state index contributed by atoms with van der Waals surface area (Å²) in [5, 5.41) is 14.4. The van der Waals surface area contributed by atoms with Crippen molar-refractivity contribution in [3.63, 3.8) is 0 Å². The van der Waals surface area contributed by atoms with E-state index >= 15 is 0 Å². The molecular weight excluding hydrogens is 342 g/mol. The number of carbonyl (C=O) groups excluding carboxylic acids is 1. The average Bonchev–Trinajstić information content (AvgIpc) is 2.97. The highest BCUT2D eigenvalue weighted by atomic mass is 32.2. The number of hydrogen-bond donors (Lipinski definition) is 1. The van der Waals surface area contributed by atoms with E-state index in [0.29, 0.717) is 37.7 Å². The minimum atomic E-state index is -3.28. The van der Waals surface area contributed by atoms with Crippen molar-refractivity contribution in [2.24, 2.45) is 5.92 Å². The molecule has 7 nitrogen and oxygen atoms in total. The summed E-state index contributed by atoms with van der Waals surface area (Å²) < 4.78 is 24.5. The molecule has 1 aliphatic heterocycles. The van der Waals surface area contributed by atoms with Crippen molar-refractivity contribution in [3.05, 3.63) is 17.5 Å². The highest BCUT2D eigenvalue weighted by Crippen LogP contribution is 2.28. The van der Waals surface area contributed by atoms with Gasteiger partial charge in [-0.05, 0) is 24.8 Å². The van der Waals surface area contributed by atoms with Gasteiger partial charge in [-0.25, -0.2) is 8.42 Å². The topological polar surface area (TPSA) is 92.5 Å². The summed E-state index contributed by atoms with van der Waals surface area (Å²) in [5.41, 5.74) is 1.22. The highest BCUT2D eigenvalue weighted by molar-refractivity contribution is 7.90. The molecule has 2 heterocycles. The zero-order valence-electron chi connectivity index (χ0n) is 14.7.